The third kappa shape index (κ3) is 13.9. The van der Waals surface area contributed by atoms with Crippen LogP contribution in [-0.4, -0.2) is 44.7 Å². The summed E-state index contributed by atoms with van der Waals surface area (Å²) in [5.74, 6) is 1.76. The number of rotatable bonds is 16. The van der Waals surface area contributed by atoms with Crippen LogP contribution >= 0.6 is 0 Å². The monoisotopic (exact) mass is 473 g/mol. The Morgan fingerprint density at radius 2 is 1.50 bits per heavy atom. The molecule has 1 N–H and O–H groups in total. The van der Waals surface area contributed by atoms with Crippen molar-refractivity contribution in [3.8, 4) is 11.5 Å². The number of nitrogens with one attached hydrogen (secondary N) is 1. The zero-order chi connectivity index (χ0) is 24.5. The predicted molar refractivity (Wildman–Crippen MR) is 137 cm³/mol. The molecule has 0 fully saturated rings. The number of unbranched alkanes of at least 4 members (excludes halogenated alkanes) is 5. The Hall–Kier alpha value is -2.47. The van der Waals surface area contributed by atoms with Crippen molar-refractivity contribution in [3.63, 3.8) is 0 Å². The molecule has 0 spiro atoms. The third-order valence-corrected chi connectivity index (χ3v) is 5.17. The smallest absolute Gasteiger partial charge is 0.407 e. The highest BCUT2D eigenvalue weighted by atomic mass is 16.6. The van der Waals surface area contributed by atoms with Crippen molar-refractivity contribution < 1.29 is 23.7 Å². The maximum atomic E-state index is 11.5. The lowest BCUT2D eigenvalue weighted by molar-refractivity contribution is 0.0498. The van der Waals surface area contributed by atoms with Crippen LogP contribution in [0.25, 0.3) is 0 Å². The van der Waals surface area contributed by atoms with Crippen LogP contribution in [0.4, 0.5) is 4.79 Å². The second kappa shape index (κ2) is 16.2. The molecule has 190 valence electrons. The first-order chi connectivity index (χ1) is 16.4. The number of hydrogen-bond donors (Lipinski definition) is 1. The second-order valence-electron chi connectivity index (χ2n) is 9.53. The number of amides is 1. The van der Waals surface area contributed by atoms with Gasteiger partial charge in [-0.1, -0.05) is 43.9 Å². The zero-order valence-corrected chi connectivity index (χ0v) is 21.3. The van der Waals surface area contributed by atoms with Gasteiger partial charge in [-0.2, -0.15) is 0 Å². The van der Waals surface area contributed by atoms with Crippen LogP contribution in [0.5, 0.6) is 11.5 Å². The molecule has 0 saturated heterocycles. The molecule has 1 aliphatic rings. The highest BCUT2D eigenvalue weighted by Crippen LogP contribution is 2.19. The maximum absolute atomic E-state index is 11.5. The van der Waals surface area contributed by atoms with Crippen molar-refractivity contribution in [3.05, 3.63) is 48.1 Å². The van der Waals surface area contributed by atoms with E-state index < -0.39 is 11.7 Å². The Morgan fingerprint density at radius 1 is 0.853 bits per heavy atom. The number of alkyl carbamates (subject to hydrolysis) is 1. The van der Waals surface area contributed by atoms with Crippen LogP contribution < -0.4 is 14.8 Å². The van der Waals surface area contributed by atoms with Gasteiger partial charge in [0.25, 0.3) is 0 Å². The average molecular weight is 474 g/mol. The Labute approximate surface area is 205 Å². The van der Waals surface area contributed by atoms with Crippen molar-refractivity contribution in [2.45, 2.75) is 77.7 Å². The fourth-order valence-electron chi connectivity index (χ4n) is 3.42. The third-order valence-electron chi connectivity index (χ3n) is 5.17. The van der Waals surface area contributed by atoms with E-state index in [-0.39, 0.29) is 0 Å². The van der Waals surface area contributed by atoms with E-state index in [1.54, 1.807) is 0 Å². The van der Waals surface area contributed by atoms with Crippen LogP contribution in [0, 0.1) is 0 Å². The van der Waals surface area contributed by atoms with Gasteiger partial charge < -0.3 is 24.3 Å². The summed E-state index contributed by atoms with van der Waals surface area (Å²) in [5.41, 5.74) is 0.772. The average Bonchev–Trinajstić information content (AvgIpc) is 2.81. The van der Waals surface area contributed by atoms with Gasteiger partial charge in [0, 0.05) is 13.2 Å². The molecule has 1 aliphatic carbocycles. The van der Waals surface area contributed by atoms with Gasteiger partial charge in [-0.25, -0.2) is 4.79 Å². The van der Waals surface area contributed by atoms with Crippen molar-refractivity contribution in [1.82, 2.24) is 5.32 Å². The summed E-state index contributed by atoms with van der Waals surface area (Å²) < 4.78 is 22.4. The highest BCUT2D eigenvalue weighted by Gasteiger charge is 2.15. The number of allylic oxidation sites excluding steroid dienone is 2. The van der Waals surface area contributed by atoms with Gasteiger partial charge in [-0.05, 0) is 76.3 Å². The molecule has 1 aromatic rings. The first kappa shape index (κ1) is 27.8. The molecular formula is C28H43NO5. The molecule has 1 aromatic carbocycles. The molecule has 0 atom stereocenters. The summed E-state index contributed by atoms with van der Waals surface area (Å²) in [6.45, 7) is 8.62. The van der Waals surface area contributed by atoms with Crippen LogP contribution in [0.1, 0.15) is 72.1 Å². The first-order valence-electron chi connectivity index (χ1n) is 12.7. The van der Waals surface area contributed by atoms with Gasteiger partial charge in [-0.15, -0.1) is 0 Å². The van der Waals surface area contributed by atoms with Crippen molar-refractivity contribution >= 4 is 6.09 Å². The molecule has 0 radical (unpaired) electrons. The summed E-state index contributed by atoms with van der Waals surface area (Å²) in [7, 11) is 0. The molecule has 0 heterocycles. The van der Waals surface area contributed by atoms with Crippen LogP contribution in [0.15, 0.2) is 48.1 Å². The highest BCUT2D eigenvalue weighted by molar-refractivity contribution is 5.67. The van der Waals surface area contributed by atoms with Crippen LogP contribution in [0.2, 0.25) is 0 Å². The number of benzene rings is 1. The summed E-state index contributed by atoms with van der Waals surface area (Å²) in [6, 6.07) is 7.89. The first-order valence-corrected chi connectivity index (χ1v) is 12.7. The van der Waals surface area contributed by atoms with E-state index in [2.05, 4.69) is 23.5 Å². The minimum absolute atomic E-state index is 0.396. The lowest BCUT2D eigenvalue weighted by Gasteiger charge is -2.19. The van der Waals surface area contributed by atoms with Gasteiger partial charge in [0.2, 0.25) is 0 Å². The van der Waals surface area contributed by atoms with Gasteiger partial charge in [0.1, 0.15) is 23.7 Å². The summed E-state index contributed by atoms with van der Waals surface area (Å²) >= 11 is 0. The maximum Gasteiger partial charge on any atom is 0.407 e. The van der Waals surface area contributed by atoms with Gasteiger partial charge >= 0.3 is 6.09 Å². The van der Waals surface area contributed by atoms with E-state index in [9.17, 15) is 4.79 Å². The minimum atomic E-state index is -0.470. The Kier molecular flexibility index (Phi) is 13.2. The predicted octanol–water partition coefficient (Wildman–Crippen LogP) is 6.60. The largest absolute Gasteiger partial charge is 0.494 e. The summed E-state index contributed by atoms with van der Waals surface area (Å²) in [6.07, 6.45) is 15.3. The molecule has 2 rings (SSSR count). The number of hydrogen-bond acceptors (Lipinski definition) is 5. The van der Waals surface area contributed by atoms with E-state index in [4.69, 9.17) is 18.9 Å². The number of carbonyl (C=O) groups excluding carboxylic acids is 1. The molecule has 34 heavy (non-hydrogen) atoms. The molecule has 0 aromatic heterocycles. The topological polar surface area (TPSA) is 66.0 Å². The molecule has 0 unspecified atom stereocenters. The van der Waals surface area contributed by atoms with E-state index in [1.165, 1.54) is 24.8 Å². The number of carbonyl (C=O) groups is 1. The van der Waals surface area contributed by atoms with Gasteiger partial charge in [-0.3, -0.25) is 0 Å². The molecule has 0 bridgehead atoms. The zero-order valence-electron chi connectivity index (χ0n) is 21.3. The van der Waals surface area contributed by atoms with E-state index in [0.717, 1.165) is 56.8 Å². The van der Waals surface area contributed by atoms with Crippen molar-refractivity contribution in [2.75, 3.05) is 33.0 Å². The summed E-state index contributed by atoms with van der Waals surface area (Å²) in [4.78, 5) is 11.5. The minimum Gasteiger partial charge on any atom is -0.494 e. The van der Waals surface area contributed by atoms with Gasteiger partial charge in [0.05, 0.1) is 13.2 Å². The number of ether oxygens (including phenoxy) is 4. The molecular weight excluding hydrogens is 430 g/mol. The second-order valence-corrected chi connectivity index (χ2v) is 9.53. The molecule has 6 heteroatoms. The summed E-state index contributed by atoms with van der Waals surface area (Å²) in [5, 5.41) is 2.69. The fourth-order valence-corrected chi connectivity index (χ4v) is 3.42. The molecule has 6 nitrogen and oxygen atoms in total. The van der Waals surface area contributed by atoms with Crippen molar-refractivity contribution in [2.24, 2.45) is 0 Å². The lowest BCUT2D eigenvalue weighted by atomic mass is 10.1. The van der Waals surface area contributed by atoms with Crippen molar-refractivity contribution in [1.29, 1.82) is 0 Å². The van der Waals surface area contributed by atoms with E-state index in [0.29, 0.717) is 19.8 Å². The standard InChI is InChI=1S/C28H43NO5/c1-28(2,3)34-27(30)29-19-22-31-20-11-6-4-5-7-12-21-32-25-15-17-26(18-16-25)33-23-24-13-9-8-10-14-24/h9,13-18H,4-8,10-12,19-23H2,1-3H3,(H,29,30). The Bertz CT molecular complexity index is 749. The normalized spacial score (nSPS) is 13.3. The quantitative estimate of drug-likeness (QED) is 0.274. The Balaban J connectivity index is 1.37. The Morgan fingerprint density at radius 3 is 2.15 bits per heavy atom. The molecule has 0 aliphatic heterocycles. The molecule has 1 amide bonds. The SMILES string of the molecule is CC(C)(C)OC(=O)NCCOCCCCCCCCOc1ccc(OCC2=CCCC=C2)cc1. The van der Waals surface area contributed by atoms with E-state index in [1.807, 2.05) is 45.0 Å². The van der Waals surface area contributed by atoms with Crippen LogP contribution in [-0.2, 0) is 9.47 Å². The molecule has 0 saturated carbocycles. The lowest BCUT2D eigenvalue weighted by Crippen LogP contribution is -2.34. The van der Waals surface area contributed by atoms with Gasteiger partial charge in [0.15, 0.2) is 0 Å². The van der Waals surface area contributed by atoms with E-state index >= 15 is 0 Å². The fraction of sp³-hybridized carbons (Fsp3) is 0.607. The van der Waals surface area contributed by atoms with Crippen LogP contribution in [0.3, 0.4) is 0 Å².